The average Bonchev–Trinajstić information content (AvgIpc) is 2.16. The van der Waals surface area contributed by atoms with Gasteiger partial charge in [0.2, 0.25) is 0 Å². The minimum atomic E-state index is -1.99. The molecule has 0 rings (SSSR count). The minimum Gasteiger partial charge on any atom is -0.540 e. The molecule has 1 radical (unpaired) electrons. The van der Waals surface area contributed by atoms with Gasteiger partial charge < -0.3 is 53.2 Å². The number of carbonyl (C=O) groups excluding carboxylic acids is 6. The summed E-state index contributed by atoms with van der Waals surface area (Å²) >= 11 is 0. The second-order valence-electron chi connectivity index (χ2n) is 2.21. The summed E-state index contributed by atoms with van der Waals surface area (Å²) in [5, 5.41) is 21.6. The van der Waals surface area contributed by atoms with Crippen LogP contribution in [-0.4, -0.2) is 46.8 Å². The first-order chi connectivity index (χ1) is 8.07. The number of primary amides is 2. The van der Waals surface area contributed by atoms with E-state index < -0.39 is 35.8 Å². The fourth-order valence-corrected chi connectivity index (χ4v) is 0.326. The molecule has 0 unspecified atom stereocenters. The monoisotopic (exact) mass is 399 g/mol. The van der Waals surface area contributed by atoms with E-state index in [1.54, 1.807) is 0 Å². The van der Waals surface area contributed by atoms with Crippen molar-refractivity contribution in [3.63, 3.8) is 0 Å². The van der Waals surface area contributed by atoms with Gasteiger partial charge in [0.05, 0.1) is 0 Å². The number of carboxylic acids is 2. The van der Waals surface area contributed by atoms with E-state index in [0.29, 0.717) is 0 Å². The van der Waals surface area contributed by atoms with Gasteiger partial charge in [-0.05, 0) is 0 Å². The molecule has 6 amide bonds. The van der Waals surface area contributed by atoms with Crippen molar-refractivity contribution in [3.05, 3.63) is 0 Å². The molecule has 0 aromatic carbocycles. The largest absolute Gasteiger partial charge is 2.00 e. The van der Waals surface area contributed by atoms with Crippen LogP contribution < -0.4 is 32.3 Å². The first-order valence-corrected chi connectivity index (χ1v) is 3.71. The molecule has 0 saturated carbocycles. The standard InChI is InChI=1S/2C3H4N2O4.Cu.4H2O/c2*4-3(9)5-1(6)2(7)8;;;;;/h2*(H,7,8)(H3,4,5,6,9);;4*1H2/q;;+2;;;;. The molecule has 0 saturated heterocycles. The second-order valence-corrected chi connectivity index (χ2v) is 2.21. The second kappa shape index (κ2) is 21.5. The number of imide groups is 2. The minimum absolute atomic E-state index is 0. The molecule has 16 nitrogen and oxygen atoms in total. The van der Waals surface area contributed by atoms with Crippen LogP contribution in [0.2, 0.25) is 0 Å². The molecule has 23 heavy (non-hydrogen) atoms. The maximum absolute atomic E-state index is 9.88. The zero-order valence-electron chi connectivity index (χ0n) is 10.9. The van der Waals surface area contributed by atoms with Crippen LogP contribution in [0, 0.1) is 0 Å². The number of amides is 6. The Bertz CT molecular complexity index is 374. The molecule has 0 aromatic rings. The predicted molar refractivity (Wildman–Crippen MR) is 62.4 cm³/mol. The van der Waals surface area contributed by atoms with Crippen molar-refractivity contribution in [1.29, 1.82) is 0 Å². The number of carbonyl (C=O) groups is 6. The summed E-state index contributed by atoms with van der Waals surface area (Å²) in [6, 6.07) is -2.44. The summed E-state index contributed by atoms with van der Waals surface area (Å²) in [5.74, 6) is -7.06. The van der Waals surface area contributed by atoms with Gasteiger partial charge in [-0.25, -0.2) is 9.59 Å². The summed E-state index contributed by atoms with van der Waals surface area (Å²) in [4.78, 5) is 58.2. The van der Waals surface area contributed by atoms with Gasteiger partial charge in [0.25, 0.3) is 11.8 Å². The van der Waals surface area contributed by atoms with Crippen molar-refractivity contribution in [2.75, 3.05) is 0 Å². The van der Waals surface area contributed by atoms with Gasteiger partial charge in [-0.3, -0.25) is 20.2 Å². The van der Waals surface area contributed by atoms with Gasteiger partial charge in [0.1, 0.15) is 11.9 Å². The maximum atomic E-state index is 9.88. The third kappa shape index (κ3) is 32.6. The first kappa shape index (κ1) is 42.7. The van der Waals surface area contributed by atoms with E-state index in [2.05, 4.69) is 11.5 Å². The fraction of sp³-hybridized carbons (Fsp3) is 0. The topological polar surface area (TPSA) is 354 Å². The molecular weight excluding hydrogens is 384 g/mol. The molecular formula is C6H16CuN4O12+2. The van der Waals surface area contributed by atoms with Crippen molar-refractivity contribution in [2.45, 2.75) is 0 Å². The van der Waals surface area contributed by atoms with Crippen LogP contribution in [0.1, 0.15) is 0 Å². The van der Waals surface area contributed by atoms with Crippen LogP contribution in [0.3, 0.4) is 0 Å². The van der Waals surface area contributed by atoms with Crippen LogP contribution in [0.4, 0.5) is 9.59 Å². The first-order valence-electron chi connectivity index (χ1n) is 3.71. The Hall–Kier alpha value is -2.82. The summed E-state index contributed by atoms with van der Waals surface area (Å²) in [5.41, 5.74) is 8.74. The van der Waals surface area contributed by atoms with Gasteiger partial charge >= 0.3 is 29.1 Å². The molecule has 141 valence electrons. The van der Waals surface area contributed by atoms with Crippen molar-refractivity contribution in [2.24, 2.45) is 11.5 Å². The molecule has 0 aliphatic rings. The number of rotatable bonds is 0. The molecule has 0 heterocycles. The quantitative estimate of drug-likeness (QED) is 0.171. The summed E-state index contributed by atoms with van der Waals surface area (Å²) in [6.07, 6.45) is 0. The van der Waals surface area contributed by atoms with Crippen LogP contribution >= 0.6 is 0 Å². The SMILES string of the molecule is NC(=O)NC(=O)C(=O)[O-].NC(=O)NC(=O)C(=O)[O-].O.O.[Cu+2].[OH3+].[OH3+]. The summed E-state index contributed by atoms with van der Waals surface area (Å²) in [7, 11) is 0. The van der Waals surface area contributed by atoms with Crippen molar-refractivity contribution >= 4 is 35.8 Å². The third-order valence-corrected chi connectivity index (χ3v) is 0.844. The smallest absolute Gasteiger partial charge is 0.540 e. The van der Waals surface area contributed by atoms with E-state index in [4.69, 9.17) is 0 Å². The molecule has 0 bridgehead atoms. The van der Waals surface area contributed by atoms with Crippen LogP contribution in [0.5, 0.6) is 0 Å². The van der Waals surface area contributed by atoms with E-state index in [1.165, 1.54) is 10.6 Å². The van der Waals surface area contributed by atoms with E-state index in [-0.39, 0.29) is 39.0 Å². The summed E-state index contributed by atoms with van der Waals surface area (Å²) in [6.45, 7) is 0. The molecule has 17 heteroatoms. The fourth-order valence-electron chi connectivity index (χ4n) is 0.326. The third-order valence-electron chi connectivity index (χ3n) is 0.844. The Morgan fingerprint density at radius 3 is 0.870 bits per heavy atom. The van der Waals surface area contributed by atoms with Crippen molar-refractivity contribution in [3.8, 4) is 0 Å². The molecule has 0 fully saturated rings. The van der Waals surface area contributed by atoms with Crippen LogP contribution in [0.15, 0.2) is 0 Å². The normalized spacial score (nSPS) is 6.26. The number of hydrogen-bond donors (Lipinski definition) is 4. The van der Waals surface area contributed by atoms with Crippen LogP contribution in [-0.2, 0) is 47.2 Å². The van der Waals surface area contributed by atoms with Gasteiger partial charge in [-0.15, -0.1) is 0 Å². The Morgan fingerprint density at radius 2 is 0.826 bits per heavy atom. The number of urea groups is 2. The number of hydrogen-bond acceptors (Lipinski definition) is 8. The van der Waals surface area contributed by atoms with Gasteiger partial charge in [-0.2, -0.15) is 0 Å². The molecule has 0 aromatic heterocycles. The average molecular weight is 400 g/mol. The number of nitrogens with two attached hydrogens (primary N) is 2. The molecule has 0 aliphatic carbocycles. The van der Waals surface area contributed by atoms with Crippen LogP contribution in [0.25, 0.3) is 0 Å². The molecule has 0 atom stereocenters. The Morgan fingerprint density at radius 1 is 0.652 bits per heavy atom. The van der Waals surface area contributed by atoms with E-state index in [9.17, 15) is 39.0 Å². The number of nitrogens with one attached hydrogen (secondary N) is 2. The zero-order chi connectivity index (χ0) is 14.9. The number of aliphatic carboxylic acids is 2. The number of carboxylic acid groups (broad SMARTS) is 2. The van der Waals surface area contributed by atoms with Crippen molar-refractivity contribution in [1.82, 2.24) is 10.6 Å². The zero-order valence-corrected chi connectivity index (χ0v) is 11.8. The van der Waals surface area contributed by atoms with Gasteiger partial charge in [0.15, 0.2) is 0 Å². The Kier molecular flexibility index (Phi) is 39.9. The van der Waals surface area contributed by atoms with Gasteiger partial charge in [-0.1, -0.05) is 0 Å². The molecule has 0 spiro atoms. The van der Waals surface area contributed by atoms with E-state index >= 15 is 0 Å². The molecule has 0 aliphatic heterocycles. The van der Waals surface area contributed by atoms with E-state index in [0.717, 1.165) is 0 Å². The van der Waals surface area contributed by atoms with Crippen molar-refractivity contribution < 1.29 is 78.0 Å². The Labute approximate surface area is 136 Å². The van der Waals surface area contributed by atoms with E-state index in [1.807, 2.05) is 0 Å². The molecule has 16 N–H and O–H groups in total. The maximum Gasteiger partial charge on any atom is 2.00 e. The Balaban J connectivity index is -0.0000000366. The summed E-state index contributed by atoms with van der Waals surface area (Å²) < 4.78 is 0. The van der Waals surface area contributed by atoms with Gasteiger partial charge in [0, 0.05) is 0 Å². The predicted octanol–water partition coefficient (Wildman–Crippen LogP) is -9.63.